The average molecular weight is 304 g/mol. The van der Waals surface area contributed by atoms with E-state index in [1.807, 2.05) is 12.1 Å². The monoisotopic (exact) mass is 303 g/mol. The van der Waals surface area contributed by atoms with Crippen LogP contribution in [-0.4, -0.2) is 31.3 Å². The van der Waals surface area contributed by atoms with Crippen LogP contribution < -0.4 is 10.2 Å². The number of hydrogen-bond acceptors (Lipinski definition) is 4. The molecule has 110 valence electrons. The molecule has 0 radical (unpaired) electrons. The summed E-state index contributed by atoms with van der Waals surface area (Å²) >= 11 is 5.91. The van der Waals surface area contributed by atoms with E-state index >= 15 is 0 Å². The molecule has 0 aliphatic carbocycles. The van der Waals surface area contributed by atoms with E-state index in [4.69, 9.17) is 16.3 Å². The number of anilines is 2. The van der Waals surface area contributed by atoms with Crippen molar-refractivity contribution < 1.29 is 4.74 Å². The largest absolute Gasteiger partial charge is 0.381 e. The predicted molar refractivity (Wildman–Crippen MR) is 86.0 cm³/mol. The molecule has 1 fully saturated rings. The normalized spacial score (nSPS) is 15.0. The van der Waals surface area contributed by atoms with Crippen molar-refractivity contribution in [3.8, 4) is 0 Å². The third-order valence-corrected chi connectivity index (χ3v) is 3.76. The predicted octanol–water partition coefficient (Wildman–Crippen LogP) is 3.18. The number of rotatable bonds is 4. The highest BCUT2D eigenvalue weighted by Crippen LogP contribution is 2.23. The van der Waals surface area contributed by atoms with Gasteiger partial charge in [0.2, 0.25) is 0 Å². The van der Waals surface area contributed by atoms with Crippen LogP contribution in [0.4, 0.5) is 11.4 Å². The second kappa shape index (κ2) is 6.78. The first-order chi connectivity index (χ1) is 10.3. The first-order valence-corrected chi connectivity index (χ1v) is 7.47. The summed E-state index contributed by atoms with van der Waals surface area (Å²) in [6.45, 7) is 4.23. The van der Waals surface area contributed by atoms with Crippen LogP contribution in [0.1, 0.15) is 5.56 Å². The summed E-state index contributed by atoms with van der Waals surface area (Å²) in [5, 5.41) is 3.90. The summed E-state index contributed by atoms with van der Waals surface area (Å²) in [7, 11) is 0. The Morgan fingerprint density at radius 3 is 2.81 bits per heavy atom. The molecule has 0 saturated carbocycles. The Kier molecular flexibility index (Phi) is 4.58. The Morgan fingerprint density at radius 1 is 1.19 bits per heavy atom. The zero-order valence-electron chi connectivity index (χ0n) is 11.8. The summed E-state index contributed by atoms with van der Waals surface area (Å²) in [4.78, 5) is 6.36. The maximum absolute atomic E-state index is 5.91. The first-order valence-electron chi connectivity index (χ1n) is 7.09. The Hall–Kier alpha value is -1.78. The van der Waals surface area contributed by atoms with Crippen molar-refractivity contribution in [2.24, 2.45) is 0 Å². The highest BCUT2D eigenvalue weighted by atomic mass is 35.5. The molecule has 1 N–H and O–H groups in total. The molecule has 1 aliphatic heterocycles. The zero-order chi connectivity index (χ0) is 14.5. The number of pyridine rings is 1. The quantitative estimate of drug-likeness (QED) is 0.880. The summed E-state index contributed by atoms with van der Waals surface area (Å²) in [6.07, 6.45) is 1.71. The molecule has 1 aromatic carbocycles. The molecule has 0 spiro atoms. The van der Waals surface area contributed by atoms with Crippen molar-refractivity contribution in [3.05, 3.63) is 53.3 Å². The van der Waals surface area contributed by atoms with Crippen LogP contribution in [0.2, 0.25) is 5.15 Å². The smallest absolute Gasteiger partial charge is 0.131 e. The van der Waals surface area contributed by atoms with Gasteiger partial charge in [-0.15, -0.1) is 0 Å². The van der Waals surface area contributed by atoms with Gasteiger partial charge in [0.15, 0.2) is 0 Å². The van der Waals surface area contributed by atoms with Gasteiger partial charge in [-0.25, -0.2) is 4.98 Å². The molecular weight excluding hydrogens is 286 g/mol. The number of benzene rings is 1. The SMILES string of the molecule is Clc1cc(NCc2ccccc2N2CCOCC2)ccn1. The lowest BCUT2D eigenvalue weighted by Gasteiger charge is -2.30. The Morgan fingerprint density at radius 2 is 2.00 bits per heavy atom. The summed E-state index contributed by atoms with van der Waals surface area (Å²) in [6, 6.07) is 12.2. The second-order valence-corrected chi connectivity index (χ2v) is 5.34. The topological polar surface area (TPSA) is 37.4 Å². The average Bonchev–Trinajstić information content (AvgIpc) is 2.54. The van der Waals surface area contributed by atoms with Gasteiger partial charge in [-0.1, -0.05) is 29.8 Å². The molecule has 21 heavy (non-hydrogen) atoms. The van der Waals surface area contributed by atoms with Crippen molar-refractivity contribution in [1.29, 1.82) is 0 Å². The van der Waals surface area contributed by atoms with Crippen LogP contribution in [0.5, 0.6) is 0 Å². The minimum absolute atomic E-state index is 0.501. The minimum Gasteiger partial charge on any atom is -0.381 e. The van der Waals surface area contributed by atoms with E-state index in [1.54, 1.807) is 6.20 Å². The van der Waals surface area contributed by atoms with E-state index in [0.717, 1.165) is 38.5 Å². The second-order valence-electron chi connectivity index (χ2n) is 4.95. The van der Waals surface area contributed by atoms with Crippen molar-refractivity contribution >= 4 is 23.0 Å². The van der Waals surface area contributed by atoms with E-state index in [9.17, 15) is 0 Å². The number of nitrogens with one attached hydrogen (secondary N) is 1. The molecule has 5 heteroatoms. The fourth-order valence-electron chi connectivity index (χ4n) is 2.48. The van der Waals surface area contributed by atoms with Crippen molar-refractivity contribution in [2.75, 3.05) is 36.5 Å². The number of ether oxygens (including phenoxy) is 1. The highest BCUT2D eigenvalue weighted by Gasteiger charge is 2.14. The summed E-state index contributed by atoms with van der Waals surface area (Å²) < 4.78 is 5.42. The molecule has 2 heterocycles. The zero-order valence-corrected chi connectivity index (χ0v) is 12.5. The van der Waals surface area contributed by atoms with Gasteiger partial charge in [0.1, 0.15) is 5.15 Å². The molecule has 1 saturated heterocycles. The number of halogens is 1. The van der Waals surface area contributed by atoms with Gasteiger partial charge < -0.3 is 15.0 Å². The molecule has 3 rings (SSSR count). The maximum atomic E-state index is 5.91. The van der Waals surface area contributed by atoms with Crippen molar-refractivity contribution in [2.45, 2.75) is 6.54 Å². The van der Waals surface area contributed by atoms with Crippen LogP contribution >= 0.6 is 11.6 Å². The fourth-order valence-corrected chi connectivity index (χ4v) is 2.66. The van der Waals surface area contributed by atoms with Gasteiger partial charge in [0, 0.05) is 37.2 Å². The molecule has 0 bridgehead atoms. The number of morpholine rings is 1. The number of para-hydroxylation sites is 1. The van der Waals surface area contributed by atoms with Crippen LogP contribution in [0.25, 0.3) is 0 Å². The van der Waals surface area contributed by atoms with E-state index in [0.29, 0.717) is 5.15 Å². The lowest BCUT2D eigenvalue weighted by molar-refractivity contribution is 0.122. The molecular formula is C16H18ClN3O. The van der Waals surface area contributed by atoms with Gasteiger partial charge in [0.25, 0.3) is 0 Å². The Bertz CT molecular complexity index is 600. The van der Waals surface area contributed by atoms with Crippen LogP contribution in [0.3, 0.4) is 0 Å². The molecule has 1 aliphatic rings. The standard InChI is InChI=1S/C16H18ClN3O/c17-16-11-14(5-6-18-16)19-12-13-3-1-2-4-15(13)20-7-9-21-10-8-20/h1-6,11H,7-10,12H2,(H,18,19). The summed E-state index contributed by atoms with van der Waals surface area (Å²) in [5.41, 5.74) is 3.52. The van der Waals surface area contributed by atoms with Crippen molar-refractivity contribution in [3.63, 3.8) is 0 Å². The minimum atomic E-state index is 0.501. The van der Waals surface area contributed by atoms with Gasteiger partial charge >= 0.3 is 0 Å². The first kappa shape index (κ1) is 14.2. The third kappa shape index (κ3) is 3.65. The Balaban J connectivity index is 1.73. The molecule has 4 nitrogen and oxygen atoms in total. The lowest BCUT2D eigenvalue weighted by Crippen LogP contribution is -2.36. The van der Waals surface area contributed by atoms with Gasteiger partial charge in [-0.05, 0) is 23.8 Å². The summed E-state index contributed by atoms with van der Waals surface area (Å²) in [5.74, 6) is 0. The van der Waals surface area contributed by atoms with E-state index in [2.05, 4.69) is 39.5 Å². The van der Waals surface area contributed by atoms with Crippen molar-refractivity contribution in [1.82, 2.24) is 4.98 Å². The highest BCUT2D eigenvalue weighted by molar-refractivity contribution is 6.29. The molecule has 0 atom stereocenters. The van der Waals surface area contributed by atoms with E-state index in [1.165, 1.54) is 11.3 Å². The fraction of sp³-hybridized carbons (Fsp3) is 0.312. The van der Waals surface area contributed by atoms with Gasteiger partial charge in [-0.3, -0.25) is 0 Å². The van der Waals surface area contributed by atoms with Crippen LogP contribution in [-0.2, 0) is 11.3 Å². The lowest BCUT2D eigenvalue weighted by atomic mass is 10.1. The number of aromatic nitrogens is 1. The van der Waals surface area contributed by atoms with Crippen LogP contribution in [0.15, 0.2) is 42.6 Å². The molecule has 1 aromatic heterocycles. The van der Waals surface area contributed by atoms with E-state index in [-0.39, 0.29) is 0 Å². The number of hydrogen-bond donors (Lipinski definition) is 1. The number of nitrogens with zero attached hydrogens (tertiary/aromatic N) is 2. The van der Waals surface area contributed by atoms with E-state index < -0.39 is 0 Å². The molecule has 2 aromatic rings. The molecule has 0 unspecified atom stereocenters. The van der Waals surface area contributed by atoms with Gasteiger partial charge in [-0.2, -0.15) is 0 Å². The maximum Gasteiger partial charge on any atom is 0.131 e. The van der Waals surface area contributed by atoms with Gasteiger partial charge in [0.05, 0.1) is 13.2 Å². The Labute approximate surface area is 129 Å². The molecule has 0 amide bonds. The van der Waals surface area contributed by atoms with Crippen LogP contribution in [0, 0.1) is 0 Å². The third-order valence-electron chi connectivity index (χ3n) is 3.55.